The van der Waals surface area contributed by atoms with Gasteiger partial charge >= 0.3 is 5.97 Å². The Morgan fingerprint density at radius 1 is 1.35 bits per heavy atom. The average molecular weight is 320 g/mol. The van der Waals surface area contributed by atoms with Crippen LogP contribution in [-0.2, 0) is 9.53 Å². The normalized spacial score (nSPS) is 14.0. The Morgan fingerprint density at radius 3 is 2.57 bits per heavy atom. The first-order chi connectivity index (χ1) is 11.0. The van der Waals surface area contributed by atoms with Gasteiger partial charge < -0.3 is 19.7 Å². The number of aliphatic hydroxyl groups is 2. The lowest BCUT2D eigenvalue weighted by atomic mass is 9.91. The van der Waals surface area contributed by atoms with Gasteiger partial charge in [0.05, 0.1) is 12.7 Å². The SMILES string of the molecule is C=CCOC(=O)/C=C(\C)[C@@H](C)[C@H](O)c1ccc(OCCO)cc1. The van der Waals surface area contributed by atoms with Crippen LogP contribution in [0.1, 0.15) is 25.5 Å². The summed E-state index contributed by atoms with van der Waals surface area (Å²) in [5.41, 5.74) is 1.45. The zero-order valence-electron chi connectivity index (χ0n) is 13.6. The van der Waals surface area contributed by atoms with Gasteiger partial charge in [-0.2, -0.15) is 0 Å². The first-order valence-corrected chi connectivity index (χ1v) is 7.47. The highest BCUT2D eigenvalue weighted by atomic mass is 16.5. The van der Waals surface area contributed by atoms with Crippen molar-refractivity contribution in [2.24, 2.45) is 5.92 Å². The van der Waals surface area contributed by atoms with Crippen LogP contribution in [0.25, 0.3) is 0 Å². The van der Waals surface area contributed by atoms with Gasteiger partial charge in [0.25, 0.3) is 0 Å². The Balaban J connectivity index is 2.71. The summed E-state index contributed by atoms with van der Waals surface area (Å²) < 4.78 is 10.2. The lowest BCUT2D eigenvalue weighted by molar-refractivity contribution is -0.136. The van der Waals surface area contributed by atoms with E-state index in [0.29, 0.717) is 5.75 Å². The number of hydrogen-bond acceptors (Lipinski definition) is 5. The molecule has 0 bridgehead atoms. The molecule has 0 fully saturated rings. The lowest BCUT2D eigenvalue weighted by Gasteiger charge is -2.20. The second-order valence-corrected chi connectivity index (χ2v) is 5.18. The van der Waals surface area contributed by atoms with Crippen molar-refractivity contribution in [1.29, 1.82) is 0 Å². The third-order valence-corrected chi connectivity index (χ3v) is 3.46. The van der Waals surface area contributed by atoms with Crippen molar-refractivity contribution in [2.75, 3.05) is 19.8 Å². The smallest absolute Gasteiger partial charge is 0.331 e. The molecular formula is C18H24O5. The number of hydrogen-bond donors (Lipinski definition) is 2. The van der Waals surface area contributed by atoms with Crippen LogP contribution in [0.15, 0.2) is 48.6 Å². The van der Waals surface area contributed by atoms with Gasteiger partial charge in [0.1, 0.15) is 19.0 Å². The van der Waals surface area contributed by atoms with Gasteiger partial charge in [0.15, 0.2) is 0 Å². The van der Waals surface area contributed by atoms with E-state index in [1.807, 2.05) is 6.92 Å². The molecule has 5 nitrogen and oxygen atoms in total. The summed E-state index contributed by atoms with van der Waals surface area (Å²) in [6.45, 7) is 7.44. The highest BCUT2D eigenvalue weighted by Crippen LogP contribution is 2.28. The predicted molar refractivity (Wildman–Crippen MR) is 88.1 cm³/mol. The topological polar surface area (TPSA) is 76.0 Å². The summed E-state index contributed by atoms with van der Waals surface area (Å²) in [6.07, 6.45) is 2.14. The van der Waals surface area contributed by atoms with Crippen LogP contribution in [0.3, 0.4) is 0 Å². The fourth-order valence-corrected chi connectivity index (χ4v) is 1.96. The fraction of sp³-hybridized carbons (Fsp3) is 0.389. The standard InChI is InChI=1S/C18H24O5/c1-4-10-23-17(20)12-13(2)14(3)18(21)15-5-7-16(8-6-15)22-11-9-19/h4-8,12,14,18-19,21H,1,9-11H2,2-3H3/b13-12+/t14-,18+/m1/s1. The molecule has 0 spiro atoms. The molecule has 0 saturated heterocycles. The molecule has 0 amide bonds. The summed E-state index contributed by atoms with van der Waals surface area (Å²) in [7, 11) is 0. The van der Waals surface area contributed by atoms with E-state index >= 15 is 0 Å². The first kappa shape index (κ1) is 18.9. The van der Waals surface area contributed by atoms with Gasteiger partial charge in [-0.1, -0.05) is 37.3 Å². The van der Waals surface area contributed by atoms with Gasteiger partial charge in [0, 0.05) is 12.0 Å². The third-order valence-electron chi connectivity index (χ3n) is 3.46. The predicted octanol–water partition coefficient (Wildman–Crippen LogP) is 2.40. The molecule has 126 valence electrons. The minimum atomic E-state index is -0.745. The van der Waals surface area contributed by atoms with Crippen LogP contribution in [-0.4, -0.2) is 36.0 Å². The molecule has 5 heteroatoms. The molecule has 0 radical (unpaired) electrons. The van der Waals surface area contributed by atoms with Crippen molar-refractivity contribution in [1.82, 2.24) is 0 Å². The van der Waals surface area contributed by atoms with E-state index in [1.54, 1.807) is 31.2 Å². The summed E-state index contributed by atoms with van der Waals surface area (Å²) in [5.74, 6) is -0.0624. The zero-order valence-corrected chi connectivity index (χ0v) is 13.6. The molecule has 1 rings (SSSR count). The van der Waals surface area contributed by atoms with Gasteiger partial charge in [-0.15, -0.1) is 0 Å². The van der Waals surface area contributed by atoms with E-state index < -0.39 is 12.1 Å². The second kappa shape index (κ2) is 9.82. The molecule has 2 N–H and O–H groups in total. The van der Waals surface area contributed by atoms with E-state index in [-0.39, 0.29) is 25.7 Å². The zero-order chi connectivity index (χ0) is 17.2. The van der Waals surface area contributed by atoms with Gasteiger partial charge in [-0.3, -0.25) is 0 Å². The number of esters is 1. The highest BCUT2D eigenvalue weighted by molar-refractivity contribution is 5.82. The largest absolute Gasteiger partial charge is 0.491 e. The van der Waals surface area contributed by atoms with Crippen LogP contribution >= 0.6 is 0 Å². The Kier molecular flexibility index (Phi) is 8.08. The van der Waals surface area contributed by atoms with Crippen LogP contribution in [0, 0.1) is 5.92 Å². The molecule has 0 heterocycles. The minimum absolute atomic E-state index is 0.0483. The van der Waals surface area contributed by atoms with Gasteiger partial charge in [-0.05, 0) is 24.6 Å². The number of carbonyl (C=O) groups is 1. The summed E-state index contributed by atoms with van der Waals surface area (Å²) in [5, 5.41) is 19.1. The van der Waals surface area contributed by atoms with Crippen molar-refractivity contribution in [3.05, 3.63) is 54.1 Å². The van der Waals surface area contributed by atoms with E-state index in [1.165, 1.54) is 12.2 Å². The van der Waals surface area contributed by atoms with E-state index in [2.05, 4.69) is 6.58 Å². The van der Waals surface area contributed by atoms with Crippen molar-refractivity contribution < 1.29 is 24.5 Å². The van der Waals surface area contributed by atoms with E-state index in [0.717, 1.165) is 11.1 Å². The summed E-state index contributed by atoms with van der Waals surface area (Å²) >= 11 is 0. The molecule has 23 heavy (non-hydrogen) atoms. The number of carbonyl (C=O) groups excluding carboxylic acids is 1. The Morgan fingerprint density at radius 2 is 2.00 bits per heavy atom. The molecule has 0 saturated carbocycles. The van der Waals surface area contributed by atoms with Crippen molar-refractivity contribution in [3.63, 3.8) is 0 Å². The molecule has 0 aliphatic carbocycles. The number of benzene rings is 1. The molecule has 0 aliphatic rings. The Bertz CT molecular complexity index is 533. The number of rotatable bonds is 9. The van der Waals surface area contributed by atoms with Crippen molar-refractivity contribution in [2.45, 2.75) is 20.0 Å². The molecule has 0 aromatic heterocycles. The molecule has 1 aromatic rings. The first-order valence-electron chi connectivity index (χ1n) is 7.47. The maximum Gasteiger partial charge on any atom is 0.331 e. The fourth-order valence-electron chi connectivity index (χ4n) is 1.96. The molecule has 0 unspecified atom stereocenters. The van der Waals surface area contributed by atoms with Crippen LogP contribution < -0.4 is 4.74 Å². The van der Waals surface area contributed by atoms with Crippen LogP contribution in [0.2, 0.25) is 0 Å². The van der Waals surface area contributed by atoms with E-state index in [9.17, 15) is 9.90 Å². The average Bonchev–Trinajstić information content (AvgIpc) is 2.57. The molecular weight excluding hydrogens is 296 g/mol. The summed E-state index contributed by atoms with van der Waals surface area (Å²) in [4.78, 5) is 11.6. The lowest BCUT2D eigenvalue weighted by Crippen LogP contribution is -2.12. The monoisotopic (exact) mass is 320 g/mol. The van der Waals surface area contributed by atoms with Crippen LogP contribution in [0.4, 0.5) is 0 Å². The second-order valence-electron chi connectivity index (χ2n) is 5.18. The van der Waals surface area contributed by atoms with Crippen molar-refractivity contribution >= 4 is 5.97 Å². The molecule has 0 aliphatic heterocycles. The van der Waals surface area contributed by atoms with Crippen LogP contribution in [0.5, 0.6) is 5.75 Å². The maximum atomic E-state index is 11.6. The highest BCUT2D eigenvalue weighted by Gasteiger charge is 2.19. The Labute approximate surface area is 136 Å². The Hall–Kier alpha value is -2.11. The molecule has 2 atom stereocenters. The van der Waals surface area contributed by atoms with Crippen molar-refractivity contribution in [3.8, 4) is 5.75 Å². The number of ether oxygens (including phenoxy) is 2. The number of aliphatic hydroxyl groups excluding tert-OH is 2. The molecule has 1 aromatic carbocycles. The summed E-state index contributed by atoms with van der Waals surface area (Å²) in [6, 6.07) is 6.99. The van der Waals surface area contributed by atoms with Gasteiger partial charge in [0.2, 0.25) is 0 Å². The quantitative estimate of drug-likeness (QED) is 0.415. The maximum absolute atomic E-state index is 11.6. The van der Waals surface area contributed by atoms with Gasteiger partial charge in [-0.25, -0.2) is 4.79 Å². The minimum Gasteiger partial charge on any atom is -0.491 e. The third kappa shape index (κ3) is 6.26. The van der Waals surface area contributed by atoms with E-state index in [4.69, 9.17) is 14.6 Å².